The number of carbonyl (C=O) groups excluding carboxylic acids is 2. The van der Waals surface area contributed by atoms with Gasteiger partial charge in [0.05, 0.1) is 5.54 Å². The second-order valence-electron chi connectivity index (χ2n) is 5.70. The average Bonchev–Trinajstić information content (AvgIpc) is 3.01. The Morgan fingerprint density at radius 2 is 2.04 bits per heavy atom. The van der Waals surface area contributed by atoms with Crippen molar-refractivity contribution >= 4 is 34.8 Å². The normalized spacial score (nSPS) is 16.7. The Morgan fingerprint density at radius 3 is 2.67 bits per heavy atom. The van der Waals surface area contributed by atoms with Crippen molar-refractivity contribution in [3.8, 4) is 5.75 Å². The quantitative estimate of drug-likeness (QED) is 0.714. The van der Waals surface area contributed by atoms with Crippen molar-refractivity contribution in [2.75, 3.05) is 12.4 Å². The van der Waals surface area contributed by atoms with Crippen LogP contribution in [0.2, 0.25) is 0 Å². The minimum atomic E-state index is -2.99. The lowest BCUT2D eigenvalue weighted by atomic mass is 9.81. The van der Waals surface area contributed by atoms with Crippen LogP contribution in [0.3, 0.4) is 0 Å². The summed E-state index contributed by atoms with van der Waals surface area (Å²) in [5.41, 5.74) is -0.541. The molecule has 1 aliphatic rings. The van der Waals surface area contributed by atoms with Gasteiger partial charge in [-0.3, -0.25) is 9.59 Å². The van der Waals surface area contributed by atoms with Crippen LogP contribution in [-0.2, 0) is 4.79 Å². The Hall–Kier alpha value is -1.41. The van der Waals surface area contributed by atoms with E-state index < -0.39 is 18.1 Å². The Morgan fingerprint density at radius 1 is 1.33 bits per heavy atom. The standard InChI is InChI=1S/C15H19ClF2N2O3S/c16-8-11(21)20-15(5-2-1-3-6-15)9-19-13(22)12-10(4-7-24-12)23-14(17)18/h4,7,14H,1-3,5-6,8-9H2,(H,19,22)(H,20,21). The summed E-state index contributed by atoms with van der Waals surface area (Å²) in [4.78, 5) is 24.0. The summed E-state index contributed by atoms with van der Waals surface area (Å²) in [6.07, 6.45) is 4.43. The fraction of sp³-hybridized carbons (Fsp3) is 0.600. The van der Waals surface area contributed by atoms with Gasteiger partial charge < -0.3 is 15.4 Å². The van der Waals surface area contributed by atoms with Gasteiger partial charge in [-0.05, 0) is 24.3 Å². The lowest BCUT2D eigenvalue weighted by Gasteiger charge is -2.38. The van der Waals surface area contributed by atoms with Crippen LogP contribution in [-0.4, -0.2) is 36.4 Å². The number of nitrogens with one attached hydrogen (secondary N) is 2. The van der Waals surface area contributed by atoms with E-state index >= 15 is 0 Å². The molecule has 2 amide bonds. The second-order valence-corrected chi connectivity index (χ2v) is 6.88. The third kappa shape index (κ3) is 5.04. The molecule has 1 fully saturated rings. The van der Waals surface area contributed by atoms with Crippen molar-refractivity contribution < 1.29 is 23.1 Å². The first-order valence-corrected chi connectivity index (χ1v) is 9.05. The number of carbonyl (C=O) groups is 2. The van der Waals surface area contributed by atoms with Crippen molar-refractivity contribution in [1.29, 1.82) is 0 Å². The molecule has 0 aliphatic heterocycles. The van der Waals surface area contributed by atoms with E-state index in [9.17, 15) is 18.4 Å². The van der Waals surface area contributed by atoms with Crippen molar-refractivity contribution in [2.24, 2.45) is 0 Å². The Kier molecular flexibility index (Phi) is 6.79. The molecule has 0 spiro atoms. The van der Waals surface area contributed by atoms with E-state index in [1.807, 2.05) is 0 Å². The predicted molar refractivity (Wildman–Crippen MR) is 88.0 cm³/mol. The van der Waals surface area contributed by atoms with Gasteiger partial charge in [0.2, 0.25) is 5.91 Å². The molecular formula is C15H19ClF2N2O3S. The molecule has 2 N–H and O–H groups in total. The lowest BCUT2D eigenvalue weighted by molar-refractivity contribution is -0.121. The van der Waals surface area contributed by atoms with E-state index in [0.717, 1.165) is 43.4 Å². The van der Waals surface area contributed by atoms with Gasteiger partial charge in [-0.25, -0.2) is 0 Å². The SMILES string of the molecule is O=C(CCl)NC1(CNC(=O)c2sccc2OC(F)F)CCCCC1. The third-order valence-electron chi connectivity index (χ3n) is 3.98. The lowest BCUT2D eigenvalue weighted by Crippen LogP contribution is -2.56. The molecule has 0 saturated heterocycles. The molecular weight excluding hydrogens is 362 g/mol. The van der Waals surface area contributed by atoms with Crippen molar-refractivity contribution in [2.45, 2.75) is 44.3 Å². The number of halogens is 3. The number of rotatable bonds is 7. The highest BCUT2D eigenvalue weighted by atomic mass is 35.5. The fourth-order valence-electron chi connectivity index (χ4n) is 2.89. The molecule has 1 aliphatic carbocycles. The zero-order chi connectivity index (χ0) is 17.6. The molecule has 24 heavy (non-hydrogen) atoms. The van der Waals surface area contributed by atoms with E-state index in [1.54, 1.807) is 0 Å². The summed E-state index contributed by atoms with van der Waals surface area (Å²) in [7, 11) is 0. The Balaban J connectivity index is 2.02. The molecule has 1 heterocycles. The van der Waals surface area contributed by atoms with Crippen LogP contribution in [0.5, 0.6) is 5.75 Å². The van der Waals surface area contributed by atoms with E-state index in [2.05, 4.69) is 15.4 Å². The first-order valence-electron chi connectivity index (χ1n) is 7.63. The smallest absolute Gasteiger partial charge is 0.387 e. The summed E-state index contributed by atoms with van der Waals surface area (Å²) < 4.78 is 29.0. The molecule has 0 atom stereocenters. The van der Waals surface area contributed by atoms with Crippen LogP contribution in [0.1, 0.15) is 41.8 Å². The summed E-state index contributed by atoms with van der Waals surface area (Å²) in [6, 6.07) is 1.33. The average molecular weight is 381 g/mol. The van der Waals surface area contributed by atoms with Crippen molar-refractivity contribution in [1.82, 2.24) is 10.6 Å². The number of ether oxygens (including phenoxy) is 1. The third-order valence-corrected chi connectivity index (χ3v) is 5.11. The molecule has 1 aromatic rings. The monoisotopic (exact) mass is 380 g/mol. The minimum absolute atomic E-state index is 0.0879. The molecule has 1 aromatic heterocycles. The summed E-state index contributed by atoms with van der Waals surface area (Å²) in [5.74, 6) is -1.07. The first-order chi connectivity index (χ1) is 11.5. The molecule has 0 bridgehead atoms. The number of hydrogen-bond acceptors (Lipinski definition) is 4. The van der Waals surface area contributed by atoms with E-state index in [1.165, 1.54) is 11.4 Å². The second kappa shape index (κ2) is 8.62. The fourth-order valence-corrected chi connectivity index (χ4v) is 3.69. The van der Waals surface area contributed by atoms with Gasteiger partial charge in [0.15, 0.2) is 0 Å². The molecule has 134 valence electrons. The highest BCUT2D eigenvalue weighted by Gasteiger charge is 2.34. The number of amides is 2. The van der Waals surface area contributed by atoms with E-state index in [4.69, 9.17) is 11.6 Å². The van der Waals surface area contributed by atoms with E-state index in [0.29, 0.717) is 0 Å². The molecule has 5 nitrogen and oxygen atoms in total. The maximum Gasteiger partial charge on any atom is 0.387 e. The first kappa shape index (κ1) is 18.9. The molecule has 9 heteroatoms. The van der Waals surface area contributed by atoms with Crippen LogP contribution < -0.4 is 15.4 Å². The highest BCUT2D eigenvalue weighted by molar-refractivity contribution is 7.12. The predicted octanol–water partition coefficient (Wildman–Crippen LogP) is 3.14. The topological polar surface area (TPSA) is 67.4 Å². The molecule has 0 radical (unpaired) electrons. The number of hydrogen-bond donors (Lipinski definition) is 2. The van der Waals surface area contributed by atoms with Crippen LogP contribution >= 0.6 is 22.9 Å². The summed E-state index contributed by atoms with van der Waals surface area (Å²) >= 11 is 6.59. The maximum absolute atomic E-state index is 12.4. The van der Waals surface area contributed by atoms with Gasteiger partial charge in [-0.15, -0.1) is 22.9 Å². The van der Waals surface area contributed by atoms with Gasteiger partial charge in [-0.2, -0.15) is 8.78 Å². The molecule has 0 aromatic carbocycles. The Bertz CT molecular complexity index is 577. The van der Waals surface area contributed by atoms with Gasteiger partial charge in [-0.1, -0.05) is 19.3 Å². The van der Waals surface area contributed by atoms with Crippen LogP contribution in [0.25, 0.3) is 0 Å². The zero-order valence-corrected chi connectivity index (χ0v) is 14.5. The van der Waals surface area contributed by atoms with Crippen molar-refractivity contribution in [3.63, 3.8) is 0 Å². The highest BCUT2D eigenvalue weighted by Crippen LogP contribution is 2.29. The van der Waals surface area contributed by atoms with Crippen molar-refractivity contribution in [3.05, 3.63) is 16.3 Å². The maximum atomic E-state index is 12.4. The van der Waals surface area contributed by atoms with Gasteiger partial charge in [0.25, 0.3) is 5.91 Å². The largest absolute Gasteiger partial charge is 0.433 e. The number of thiophene rings is 1. The molecule has 0 unspecified atom stereocenters. The summed E-state index contributed by atoms with van der Waals surface area (Å²) in [6.45, 7) is -2.76. The van der Waals surface area contributed by atoms with Crippen LogP contribution in [0.4, 0.5) is 8.78 Å². The van der Waals surface area contributed by atoms with Crippen LogP contribution in [0.15, 0.2) is 11.4 Å². The number of alkyl halides is 3. The minimum Gasteiger partial charge on any atom is -0.433 e. The molecule has 2 rings (SSSR count). The van der Waals surface area contributed by atoms with Gasteiger partial charge in [0.1, 0.15) is 16.5 Å². The van der Waals surface area contributed by atoms with Gasteiger partial charge >= 0.3 is 6.61 Å². The van der Waals surface area contributed by atoms with Gasteiger partial charge in [0, 0.05) is 6.54 Å². The Labute approximate surface area is 147 Å². The zero-order valence-electron chi connectivity index (χ0n) is 12.9. The summed E-state index contributed by atoms with van der Waals surface area (Å²) in [5, 5.41) is 7.14. The van der Waals surface area contributed by atoms with E-state index in [-0.39, 0.29) is 29.0 Å². The van der Waals surface area contributed by atoms with Crippen LogP contribution in [0, 0.1) is 0 Å². The molecule has 1 saturated carbocycles.